The van der Waals surface area contributed by atoms with Crippen molar-refractivity contribution in [3.05, 3.63) is 12.2 Å². The van der Waals surface area contributed by atoms with Crippen LogP contribution in [-0.4, -0.2) is 108 Å². The number of hydrogen-bond donors (Lipinski definition) is 8. The van der Waals surface area contributed by atoms with Crippen molar-refractivity contribution in [2.24, 2.45) is 0 Å². The molecule has 396 valence electrons. The molecule has 1 fully saturated rings. The number of hydrogen-bond acceptors (Lipinski definition) is 14. The SMILES string of the molecule is CCCCCCC=CCCCCCCCCCC(=O)O[C@H](COC(=O)CCCCCCCCCCCCCCCCC)COP(=O)(O)O[C@H]1C(O)C(O)C(OP(=O)(O)O)[C@@H](OP(=O)(O)O)C1O. The van der Waals surface area contributed by atoms with Gasteiger partial charge in [0.05, 0.1) is 6.61 Å². The first-order chi connectivity index (χ1) is 31.8. The van der Waals surface area contributed by atoms with Crippen LogP contribution < -0.4 is 0 Å². The maximum Gasteiger partial charge on any atom is 0.472 e. The molecule has 5 unspecified atom stereocenters. The molecule has 0 aromatic heterocycles. The third kappa shape index (κ3) is 34.0. The summed E-state index contributed by atoms with van der Waals surface area (Å²) in [6, 6.07) is 0. The number of allylic oxidation sites excluding steroid dienone is 2. The number of rotatable bonds is 43. The Labute approximate surface area is 399 Å². The van der Waals surface area contributed by atoms with Crippen LogP contribution in [-0.2, 0) is 50.9 Å². The number of aliphatic hydroxyl groups is 3. The molecular formula is C45H87O19P3. The fourth-order valence-electron chi connectivity index (χ4n) is 7.81. The lowest BCUT2D eigenvalue weighted by molar-refractivity contribution is -0.213. The Morgan fingerprint density at radius 3 is 1.25 bits per heavy atom. The maximum atomic E-state index is 13.1. The molecule has 0 bridgehead atoms. The number of carbonyl (C=O) groups excluding carboxylic acids is 2. The van der Waals surface area contributed by atoms with Gasteiger partial charge >= 0.3 is 35.4 Å². The summed E-state index contributed by atoms with van der Waals surface area (Å²) >= 11 is 0. The van der Waals surface area contributed by atoms with E-state index in [0.29, 0.717) is 12.8 Å². The predicted octanol–water partition coefficient (Wildman–Crippen LogP) is 9.29. The number of phosphoric acid groups is 3. The van der Waals surface area contributed by atoms with Gasteiger partial charge in [-0.05, 0) is 38.5 Å². The molecule has 0 aromatic carbocycles. The lowest BCUT2D eigenvalue weighted by Gasteiger charge is -2.44. The zero-order chi connectivity index (χ0) is 50.0. The minimum Gasteiger partial charge on any atom is -0.462 e. The quantitative estimate of drug-likeness (QED) is 0.0122. The van der Waals surface area contributed by atoms with Crippen molar-refractivity contribution in [1.82, 2.24) is 0 Å². The Morgan fingerprint density at radius 1 is 0.463 bits per heavy atom. The molecule has 1 aliphatic rings. The summed E-state index contributed by atoms with van der Waals surface area (Å²) in [5.74, 6) is -1.29. The molecule has 0 heterocycles. The average Bonchev–Trinajstić information content (AvgIpc) is 3.25. The van der Waals surface area contributed by atoms with E-state index in [2.05, 4.69) is 35.0 Å². The Kier molecular flexibility index (Phi) is 35.9. The predicted molar refractivity (Wildman–Crippen MR) is 252 cm³/mol. The molecule has 8 atom stereocenters. The van der Waals surface area contributed by atoms with Gasteiger partial charge in [-0.15, -0.1) is 0 Å². The summed E-state index contributed by atoms with van der Waals surface area (Å²) in [4.78, 5) is 73.3. The molecule has 0 radical (unpaired) electrons. The topological polar surface area (TPSA) is 303 Å². The molecule has 0 aromatic rings. The van der Waals surface area contributed by atoms with Crippen molar-refractivity contribution < 1.29 is 90.6 Å². The number of aliphatic hydroxyl groups excluding tert-OH is 3. The highest BCUT2D eigenvalue weighted by molar-refractivity contribution is 7.47. The number of phosphoric ester groups is 3. The fraction of sp³-hybridized carbons (Fsp3) is 0.911. The van der Waals surface area contributed by atoms with Gasteiger partial charge in [-0.1, -0.05) is 167 Å². The number of ether oxygens (including phenoxy) is 2. The lowest BCUT2D eigenvalue weighted by Crippen LogP contribution is -2.65. The molecule has 0 saturated heterocycles. The molecule has 67 heavy (non-hydrogen) atoms. The minimum atomic E-state index is -5.60. The van der Waals surface area contributed by atoms with Crippen molar-refractivity contribution in [3.63, 3.8) is 0 Å². The molecule has 0 aliphatic heterocycles. The van der Waals surface area contributed by atoms with E-state index in [0.717, 1.165) is 77.0 Å². The van der Waals surface area contributed by atoms with Crippen LogP contribution in [0.2, 0.25) is 0 Å². The molecule has 1 saturated carbocycles. The summed E-state index contributed by atoms with van der Waals surface area (Å²) in [5, 5.41) is 31.9. The van der Waals surface area contributed by atoms with E-state index in [1.165, 1.54) is 89.9 Å². The molecule has 0 amide bonds. The molecule has 22 heteroatoms. The smallest absolute Gasteiger partial charge is 0.462 e. The summed E-state index contributed by atoms with van der Waals surface area (Å²) in [7, 11) is -16.6. The molecule has 19 nitrogen and oxygen atoms in total. The van der Waals surface area contributed by atoms with Gasteiger partial charge in [0.25, 0.3) is 0 Å². The van der Waals surface area contributed by atoms with Gasteiger partial charge in [0.1, 0.15) is 43.2 Å². The van der Waals surface area contributed by atoms with E-state index in [4.69, 9.17) is 18.5 Å². The summed E-state index contributed by atoms with van der Waals surface area (Å²) in [6.07, 6.45) is 19.3. The summed E-state index contributed by atoms with van der Waals surface area (Å²) in [5.41, 5.74) is 0. The van der Waals surface area contributed by atoms with Gasteiger partial charge in [-0.25, -0.2) is 13.7 Å². The van der Waals surface area contributed by atoms with Gasteiger partial charge in [-0.3, -0.25) is 27.7 Å². The summed E-state index contributed by atoms with van der Waals surface area (Å²) < 4.78 is 65.5. The monoisotopic (exact) mass is 1020 g/mol. The van der Waals surface area contributed by atoms with Crippen LogP contribution in [0.3, 0.4) is 0 Å². The lowest BCUT2D eigenvalue weighted by atomic mass is 9.85. The Hall–Kier alpha value is -1.11. The molecule has 0 spiro atoms. The van der Waals surface area contributed by atoms with Gasteiger partial charge in [0, 0.05) is 12.8 Å². The Bertz CT molecular complexity index is 1460. The summed E-state index contributed by atoms with van der Waals surface area (Å²) in [6.45, 7) is 2.95. The van der Waals surface area contributed by atoms with E-state index in [-0.39, 0.29) is 12.8 Å². The first-order valence-corrected chi connectivity index (χ1v) is 29.5. The van der Waals surface area contributed by atoms with Crippen LogP contribution in [0.25, 0.3) is 0 Å². The van der Waals surface area contributed by atoms with E-state index >= 15 is 0 Å². The van der Waals surface area contributed by atoms with Crippen LogP contribution in [0.15, 0.2) is 12.2 Å². The minimum absolute atomic E-state index is 0.00291. The van der Waals surface area contributed by atoms with Gasteiger partial charge in [0.2, 0.25) is 0 Å². The van der Waals surface area contributed by atoms with Crippen molar-refractivity contribution in [1.29, 1.82) is 0 Å². The largest absolute Gasteiger partial charge is 0.472 e. The first kappa shape index (κ1) is 63.9. The highest BCUT2D eigenvalue weighted by atomic mass is 31.2. The van der Waals surface area contributed by atoms with Crippen molar-refractivity contribution in [2.45, 2.75) is 249 Å². The molecular weight excluding hydrogens is 937 g/mol. The van der Waals surface area contributed by atoms with Crippen LogP contribution in [0.1, 0.15) is 206 Å². The second-order valence-electron chi connectivity index (χ2n) is 17.8. The molecule has 8 N–H and O–H groups in total. The van der Waals surface area contributed by atoms with E-state index in [1.807, 2.05) is 0 Å². The third-order valence-electron chi connectivity index (χ3n) is 11.6. The van der Waals surface area contributed by atoms with Crippen LogP contribution in [0, 0.1) is 0 Å². The highest BCUT2D eigenvalue weighted by Crippen LogP contribution is 2.51. The van der Waals surface area contributed by atoms with Gasteiger partial charge in [0.15, 0.2) is 6.10 Å². The normalized spacial score (nSPS) is 21.6. The van der Waals surface area contributed by atoms with E-state index in [9.17, 15) is 63.1 Å². The second-order valence-corrected chi connectivity index (χ2v) is 21.5. The third-order valence-corrected chi connectivity index (χ3v) is 13.6. The zero-order valence-corrected chi connectivity index (χ0v) is 42.9. The molecule has 1 rings (SSSR count). The second kappa shape index (κ2) is 37.6. The fourth-order valence-corrected chi connectivity index (χ4v) is 9.91. The standard InChI is InChI=1S/C45H87O19P3/c1-3-5-7-9-11-13-15-17-19-21-23-25-27-29-31-33-38(46)59-35-37(61-39(47)34-32-30-28-26-24-22-20-18-16-14-12-10-8-6-4-2)36-60-67(57,58)64-43-40(48)41(49)44(62-65(51,52)53)45(42(43)50)63-66(54,55)56/h14,16,37,40-45,48-50H,3-13,15,17-36H2,1-2H3,(H,57,58)(H2,51,52,53)(H2,54,55,56)/t37-,40?,41?,42?,43+,44?,45+/m1/s1. The van der Waals surface area contributed by atoms with E-state index in [1.54, 1.807) is 0 Å². The number of carbonyl (C=O) groups is 2. The average molecular weight is 1030 g/mol. The Morgan fingerprint density at radius 2 is 0.821 bits per heavy atom. The Balaban J connectivity index is 2.70. The highest BCUT2D eigenvalue weighted by Gasteiger charge is 2.56. The zero-order valence-electron chi connectivity index (χ0n) is 40.2. The van der Waals surface area contributed by atoms with Gasteiger partial charge < -0.3 is 49.3 Å². The first-order valence-electron chi connectivity index (χ1n) is 25.0. The van der Waals surface area contributed by atoms with Crippen LogP contribution in [0.5, 0.6) is 0 Å². The van der Waals surface area contributed by atoms with Crippen LogP contribution >= 0.6 is 23.5 Å². The van der Waals surface area contributed by atoms with Crippen molar-refractivity contribution in [3.8, 4) is 0 Å². The van der Waals surface area contributed by atoms with E-state index < -0.39 is 91.3 Å². The number of esters is 2. The van der Waals surface area contributed by atoms with Crippen LogP contribution in [0.4, 0.5) is 0 Å². The molecule has 1 aliphatic carbocycles. The maximum absolute atomic E-state index is 13.1. The van der Waals surface area contributed by atoms with Crippen molar-refractivity contribution in [2.75, 3.05) is 13.2 Å². The van der Waals surface area contributed by atoms with Crippen molar-refractivity contribution >= 4 is 35.4 Å². The van der Waals surface area contributed by atoms with Gasteiger partial charge in [-0.2, -0.15) is 0 Å². The number of unbranched alkanes of at least 4 members (excludes halogenated alkanes) is 25.